The summed E-state index contributed by atoms with van der Waals surface area (Å²) >= 11 is 1.46. The molecule has 0 heterocycles. The Morgan fingerprint density at radius 3 is 2.17 bits per heavy atom. The predicted molar refractivity (Wildman–Crippen MR) is 70.6 cm³/mol. The molecule has 0 saturated heterocycles. The molecular weight excluding hydrogens is 290 g/mol. The average molecular weight is 310 g/mol. The van der Waals surface area contributed by atoms with Crippen LogP contribution in [0.4, 0.5) is 22.0 Å². The first-order chi connectivity index (χ1) is 8.10. The molecule has 0 aromatic heterocycles. The number of hydrogen-bond donors (Lipinski definition) is 0. The lowest BCUT2D eigenvalue weighted by Crippen LogP contribution is -2.36. The maximum absolute atomic E-state index is 12.6. The summed E-state index contributed by atoms with van der Waals surface area (Å²) in [5.74, 6) is -4.21. The second kappa shape index (κ2) is 7.88. The van der Waals surface area contributed by atoms with Gasteiger partial charge in [-0.15, -0.1) is 9.24 Å². The number of halogens is 5. The highest BCUT2D eigenvalue weighted by Gasteiger charge is 2.56. The lowest BCUT2D eigenvalue weighted by atomic mass is 10.2. The zero-order valence-corrected chi connectivity index (χ0v) is 12.5. The van der Waals surface area contributed by atoms with Gasteiger partial charge in [0, 0.05) is 11.7 Å². The molecule has 0 spiro atoms. The topological polar surface area (TPSA) is 0 Å². The maximum atomic E-state index is 12.6. The largest absolute Gasteiger partial charge is 0.453 e. The van der Waals surface area contributed by atoms with E-state index in [2.05, 4.69) is 16.2 Å². The van der Waals surface area contributed by atoms with Crippen LogP contribution >= 0.6 is 21.0 Å². The molecule has 0 aliphatic heterocycles. The first-order valence-electron chi connectivity index (χ1n) is 5.92. The van der Waals surface area contributed by atoms with Gasteiger partial charge in [0.05, 0.1) is 0 Å². The molecule has 0 nitrogen and oxygen atoms in total. The fraction of sp³-hybridized carbons (Fsp3) is 1.00. The van der Waals surface area contributed by atoms with Crippen LogP contribution in [-0.2, 0) is 0 Å². The Kier molecular flexibility index (Phi) is 8.07. The van der Waals surface area contributed by atoms with Crippen LogP contribution in [0.15, 0.2) is 0 Å². The molecule has 0 bridgehead atoms. The van der Waals surface area contributed by atoms with Gasteiger partial charge >= 0.3 is 12.1 Å². The minimum absolute atomic E-state index is 0.116. The summed E-state index contributed by atoms with van der Waals surface area (Å²) in [7, 11) is 2.71. The van der Waals surface area contributed by atoms with Gasteiger partial charge in [0.2, 0.25) is 0 Å². The fourth-order valence-electron chi connectivity index (χ4n) is 1.38. The molecule has 0 aliphatic rings. The Balaban J connectivity index is 3.80. The molecule has 3 unspecified atom stereocenters. The smallest absolute Gasteiger partial charge is 0.196 e. The Labute approximate surface area is 112 Å². The minimum Gasteiger partial charge on any atom is -0.196 e. The summed E-state index contributed by atoms with van der Waals surface area (Å²) in [6, 6.07) is 0. The number of rotatable bonds is 8. The molecule has 0 aliphatic carbocycles. The SMILES string of the molecule is CCC(P)CC(C)SCCCC(F)(F)C(F)(F)F. The summed E-state index contributed by atoms with van der Waals surface area (Å²) in [4.78, 5) is 0. The molecule has 0 aromatic carbocycles. The second-order valence-electron chi connectivity index (χ2n) is 4.39. The van der Waals surface area contributed by atoms with E-state index >= 15 is 0 Å². The van der Waals surface area contributed by atoms with Crippen molar-refractivity contribution in [3.8, 4) is 0 Å². The van der Waals surface area contributed by atoms with Crippen LogP contribution in [0.1, 0.15) is 39.5 Å². The van der Waals surface area contributed by atoms with Gasteiger partial charge in [-0.05, 0) is 30.7 Å². The molecule has 0 fully saturated rings. The number of alkyl halides is 5. The standard InChI is InChI=1S/C11H20F5PS/c1-3-9(17)7-8(2)18-6-4-5-10(12,13)11(14,15)16/h8-9H,3-7,17H2,1-2H3. The quantitative estimate of drug-likeness (QED) is 0.340. The van der Waals surface area contributed by atoms with Gasteiger partial charge in [0.1, 0.15) is 0 Å². The summed E-state index contributed by atoms with van der Waals surface area (Å²) < 4.78 is 60.8. The van der Waals surface area contributed by atoms with Crippen molar-refractivity contribution >= 4 is 21.0 Å². The summed E-state index contributed by atoms with van der Waals surface area (Å²) in [6.07, 6.45) is -4.71. The van der Waals surface area contributed by atoms with Gasteiger partial charge in [0.25, 0.3) is 0 Å². The van der Waals surface area contributed by atoms with Crippen LogP contribution < -0.4 is 0 Å². The van der Waals surface area contributed by atoms with E-state index in [4.69, 9.17) is 0 Å². The molecule has 110 valence electrons. The summed E-state index contributed by atoms with van der Waals surface area (Å²) in [5.41, 5.74) is 0.476. The van der Waals surface area contributed by atoms with Crippen LogP contribution in [0.2, 0.25) is 0 Å². The van der Waals surface area contributed by atoms with Crippen LogP contribution in [-0.4, -0.2) is 28.8 Å². The minimum atomic E-state index is -5.42. The van der Waals surface area contributed by atoms with Crippen molar-refractivity contribution in [2.75, 3.05) is 5.75 Å². The molecule has 0 rings (SSSR count). The molecule has 3 atom stereocenters. The predicted octanol–water partition coefficient (Wildman–Crippen LogP) is 5.13. The van der Waals surface area contributed by atoms with Crippen molar-refractivity contribution in [2.45, 2.75) is 62.5 Å². The highest BCUT2D eigenvalue weighted by Crippen LogP contribution is 2.39. The molecule has 0 amide bonds. The van der Waals surface area contributed by atoms with E-state index in [1.54, 1.807) is 0 Å². The van der Waals surface area contributed by atoms with Gasteiger partial charge in [-0.3, -0.25) is 0 Å². The van der Waals surface area contributed by atoms with Crippen LogP contribution in [0.5, 0.6) is 0 Å². The molecule has 0 N–H and O–H groups in total. The van der Waals surface area contributed by atoms with E-state index < -0.39 is 18.5 Å². The highest BCUT2D eigenvalue weighted by atomic mass is 32.2. The lowest BCUT2D eigenvalue weighted by molar-refractivity contribution is -0.284. The van der Waals surface area contributed by atoms with Crippen LogP contribution in [0, 0.1) is 0 Å². The maximum Gasteiger partial charge on any atom is 0.453 e. The first-order valence-corrected chi connectivity index (χ1v) is 7.63. The number of hydrogen-bond acceptors (Lipinski definition) is 1. The molecule has 0 aromatic rings. The van der Waals surface area contributed by atoms with Crippen molar-refractivity contribution in [1.82, 2.24) is 0 Å². The monoisotopic (exact) mass is 310 g/mol. The summed E-state index contributed by atoms with van der Waals surface area (Å²) in [6.45, 7) is 4.03. The van der Waals surface area contributed by atoms with E-state index in [1.807, 2.05) is 6.92 Å². The van der Waals surface area contributed by atoms with Gasteiger partial charge in [-0.1, -0.05) is 13.8 Å². The normalized spacial score (nSPS) is 16.7. The van der Waals surface area contributed by atoms with Gasteiger partial charge in [-0.25, -0.2) is 0 Å². The lowest BCUT2D eigenvalue weighted by Gasteiger charge is -2.20. The third kappa shape index (κ3) is 7.13. The van der Waals surface area contributed by atoms with Gasteiger partial charge in [0.15, 0.2) is 0 Å². The molecule has 7 heteroatoms. The first kappa shape index (κ1) is 18.4. The fourth-order valence-corrected chi connectivity index (χ4v) is 3.08. The Hall–Kier alpha value is 0.430. The average Bonchev–Trinajstić information content (AvgIpc) is 2.22. The summed E-state index contributed by atoms with van der Waals surface area (Å²) in [5, 5.41) is 0.284. The number of thioether (sulfide) groups is 1. The Bertz CT molecular complexity index is 232. The van der Waals surface area contributed by atoms with Crippen molar-refractivity contribution in [1.29, 1.82) is 0 Å². The van der Waals surface area contributed by atoms with E-state index in [0.29, 0.717) is 11.4 Å². The molecule has 0 radical (unpaired) electrons. The van der Waals surface area contributed by atoms with Crippen LogP contribution in [0.3, 0.4) is 0 Å². The van der Waals surface area contributed by atoms with E-state index in [9.17, 15) is 22.0 Å². The third-order valence-corrected chi connectivity index (χ3v) is 4.64. The Morgan fingerprint density at radius 1 is 1.17 bits per heavy atom. The zero-order valence-electron chi connectivity index (χ0n) is 10.6. The molecule has 0 saturated carbocycles. The second-order valence-corrected chi connectivity index (χ2v) is 6.88. The van der Waals surface area contributed by atoms with Crippen molar-refractivity contribution < 1.29 is 22.0 Å². The van der Waals surface area contributed by atoms with Gasteiger partial charge < -0.3 is 0 Å². The van der Waals surface area contributed by atoms with Crippen molar-refractivity contribution in [3.63, 3.8) is 0 Å². The highest BCUT2D eigenvalue weighted by molar-refractivity contribution is 7.99. The van der Waals surface area contributed by atoms with Gasteiger partial charge in [-0.2, -0.15) is 33.7 Å². The van der Waals surface area contributed by atoms with Crippen molar-refractivity contribution in [2.24, 2.45) is 0 Å². The molecule has 18 heavy (non-hydrogen) atoms. The van der Waals surface area contributed by atoms with E-state index in [0.717, 1.165) is 12.8 Å². The van der Waals surface area contributed by atoms with E-state index in [1.165, 1.54) is 11.8 Å². The van der Waals surface area contributed by atoms with E-state index in [-0.39, 0.29) is 11.7 Å². The Morgan fingerprint density at radius 2 is 1.72 bits per heavy atom. The van der Waals surface area contributed by atoms with Crippen molar-refractivity contribution in [3.05, 3.63) is 0 Å². The zero-order chi connectivity index (χ0) is 14.4. The van der Waals surface area contributed by atoms with Crippen LogP contribution in [0.25, 0.3) is 0 Å². The molecular formula is C11H20F5PS. The third-order valence-electron chi connectivity index (χ3n) is 2.61.